The first-order chi connectivity index (χ1) is 11.6. The van der Waals surface area contributed by atoms with Crippen LogP contribution < -0.4 is 10.1 Å². The maximum atomic E-state index is 12.5. The highest BCUT2D eigenvalue weighted by Gasteiger charge is 2.19. The van der Waals surface area contributed by atoms with E-state index >= 15 is 0 Å². The molecule has 3 rings (SSSR count). The molecule has 2 aromatic heterocycles. The Morgan fingerprint density at radius 3 is 2.88 bits per heavy atom. The molecule has 1 atom stereocenters. The molecule has 1 aromatic carbocycles. The molecule has 0 radical (unpaired) electrons. The number of nitrogens with one attached hydrogen (secondary N) is 1. The number of fused-ring (bicyclic) bond motifs is 1. The number of aryl methyl sites for hydroxylation is 1. The van der Waals surface area contributed by atoms with Gasteiger partial charge in [0, 0.05) is 41.4 Å². The van der Waals surface area contributed by atoms with Gasteiger partial charge in [-0.1, -0.05) is 6.07 Å². The number of hydrogen-bond donors (Lipinski definition) is 1. The van der Waals surface area contributed by atoms with Crippen molar-refractivity contribution in [3.63, 3.8) is 0 Å². The third kappa shape index (κ3) is 3.25. The average molecular weight is 324 g/mol. The van der Waals surface area contributed by atoms with Gasteiger partial charge in [0.2, 0.25) is 0 Å². The Morgan fingerprint density at radius 2 is 2.17 bits per heavy atom. The second-order valence-electron chi connectivity index (χ2n) is 5.82. The zero-order valence-corrected chi connectivity index (χ0v) is 14.0. The van der Waals surface area contributed by atoms with Crippen LogP contribution in [-0.2, 0) is 6.42 Å². The molecule has 5 nitrogen and oxygen atoms in total. The van der Waals surface area contributed by atoms with Gasteiger partial charge in [-0.3, -0.25) is 9.78 Å². The Balaban J connectivity index is 1.77. The molecule has 5 heteroatoms. The molecule has 0 aliphatic rings. The summed E-state index contributed by atoms with van der Waals surface area (Å²) in [7, 11) is 1.60. The molecule has 0 fully saturated rings. The Hall–Kier alpha value is -2.82. The lowest BCUT2D eigenvalue weighted by Gasteiger charge is -2.12. The molecule has 0 spiro atoms. The third-order valence-corrected chi connectivity index (χ3v) is 3.97. The normalized spacial score (nSPS) is 12.1. The summed E-state index contributed by atoms with van der Waals surface area (Å²) >= 11 is 0. The van der Waals surface area contributed by atoms with E-state index in [4.69, 9.17) is 9.15 Å². The standard InChI is InChI=1S/C19H20N2O3/c1-12(10-14-6-4-5-9-20-14)21-19(22)18-13(2)16-8-7-15(23-3)11-17(16)24-18/h4-9,11-12H,10H2,1-3H3,(H,21,22). The van der Waals surface area contributed by atoms with Crippen molar-refractivity contribution in [3.8, 4) is 5.75 Å². The van der Waals surface area contributed by atoms with Crippen molar-refractivity contribution in [3.05, 3.63) is 59.6 Å². The van der Waals surface area contributed by atoms with E-state index in [1.165, 1.54) is 0 Å². The number of amides is 1. The number of ether oxygens (including phenoxy) is 1. The first-order valence-corrected chi connectivity index (χ1v) is 7.86. The summed E-state index contributed by atoms with van der Waals surface area (Å²) in [4.78, 5) is 16.8. The fraction of sp³-hybridized carbons (Fsp3) is 0.263. The van der Waals surface area contributed by atoms with Crippen LogP contribution in [0.5, 0.6) is 5.75 Å². The molecule has 124 valence electrons. The summed E-state index contributed by atoms with van der Waals surface area (Å²) in [6, 6.07) is 11.3. The lowest BCUT2D eigenvalue weighted by Crippen LogP contribution is -2.34. The van der Waals surface area contributed by atoms with Crippen LogP contribution >= 0.6 is 0 Å². The van der Waals surface area contributed by atoms with E-state index in [1.54, 1.807) is 19.4 Å². The highest BCUT2D eigenvalue weighted by Crippen LogP contribution is 2.28. The molecule has 24 heavy (non-hydrogen) atoms. The number of nitrogens with zero attached hydrogens (tertiary/aromatic N) is 1. The van der Waals surface area contributed by atoms with Crippen LogP contribution in [0.4, 0.5) is 0 Å². The number of methoxy groups -OCH3 is 1. The Labute approximate surface area is 140 Å². The first kappa shape index (κ1) is 16.1. The lowest BCUT2D eigenvalue weighted by molar-refractivity contribution is 0.0913. The molecule has 1 amide bonds. The molecular formula is C19H20N2O3. The Kier molecular flexibility index (Phi) is 4.51. The summed E-state index contributed by atoms with van der Waals surface area (Å²) in [5, 5.41) is 3.89. The van der Waals surface area contributed by atoms with Gasteiger partial charge in [0.05, 0.1) is 7.11 Å². The maximum Gasteiger partial charge on any atom is 0.287 e. The van der Waals surface area contributed by atoms with Crippen LogP contribution in [0.2, 0.25) is 0 Å². The van der Waals surface area contributed by atoms with Gasteiger partial charge in [-0.05, 0) is 38.1 Å². The average Bonchev–Trinajstić information content (AvgIpc) is 2.92. The third-order valence-electron chi connectivity index (χ3n) is 3.97. The van der Waals surface area contributed by atoms with Crippen LogP contribution in [0.15, 0.2) is 47.0 Å². The van der Waals surface area contributed by atoms with Crippen LogP contribution in [0.1, 0.15) is 28.7 Å². The quantitative estimate of drug-likeness (QED) is 0.780. The number of rotatable bonds is 5. The lowest BCUT2D eigenvalue weighted by atomic mass is 10.1. The van der Waals surface area contributed by atoms with E-state index in [0.29, 0.717) is 23.5 Å². The second-order valence-corrected chi connectivity index (χ2v) is 5.82. The number of aromatic nitrogens is 1. The van der Waals surface area contributed by atoms with Crippen molar-refractivity contribution < 1.29 is 13.9 Å². The maximum absolute atomic E-state index is 12.5. The Bertz CT molecular complexity index is 856. The van der Waals surface area contributed by atoms with Gasteiger partial charge < -0.3 is 14.5 Å². The number of pyridine rings is 1. The van der Waals surface area contributed by atoms with Crippen molar-refractivity contribution in [2.24, 2.45) is 0 Å². The predicted molar refractivity (Wildman–Crippen MR) is 92.4 cm³/mol. The van der Waals surface area contributed by atoms with Gasteiger partial charge in [0.25, 0.3) is 5.91 Å². The first-order valence-electron chi connectivity index (χ1n) is 7.86. The van der Waals surface area contributed by atoms with E-state index in [1.807, 2.05) is 44.2 Å². The molecule has 2 heterocycles. The number of carbonyl (C=O) groups excluding carboxylic acids is 1. The number of furan rings is 1. The summed E-state index contributed by atoms with van der Waals surface area (Å²) in [6.07, 6.45) is 2.42. The molecule has 0 bridgehead atoms. The fourth-order valence-electron chi connectivity index (χ4n) is 2.72. The van der Waals surface area contributed by atoms with Crippen molar-refractivity contribution in [2.75, 3.05) is 7.11 Å². The fourth-order valence-corrected chi connectivity index (χ4v) is 2.72. The highest BCUT2D eigenvalue weighted by molar-refractivity contribution is 5.99. The zero-order valence-electron chi connectivity index (χ0n) is 14.0. The van der Waals surface area contributed by atoms with Gasteiger partial charge in [-0.25, -0.2) is 0 Å². The molecule has 0 saturated heterocycles. The monoisotopic (exact) mass is 324 g/mol. The molecule has 3 aromatic rings. The van der Waals surface area contributed by atoms with Gasteiger partial charge >= 0.3 is 0 Å². The SMILES string of the molecule is COc1ccc2c(C)c(C(=O)NC(C)Cc3ccccn3)oc2c1. The molecule has 0 aliphatic heterocycles. The summed E-state index contributed by atoms with van der Waals surface area (Å²) < 4.78 is 10.9. The minimum absolute atomic E-state index is 0.0467. The number of benzene rings is 1. The van der Waals surface area contributed by atoms with E-state index in [-0.39, 0.29) is 11.9 Å². The van der Waals surface area contributed by atoms with Crippen LogP contribution in [0.25, 0.3) is 11.0 Å². The largest absolute Gasteiger partial charge is 0.497 e. The smallest absolute Gasteiger partial charge is 0.287 e. The van der Waals surface area contributed by atoms with Gasteiger partial charge in [0.1, 0.15) is 11.3 Å². The predicted octanol–water partition coefficient (Wildman–Crippen LogP) is 3.51. The van der Waals surface area contributed by atoms with Crippen LogP contribution in [0.3, 0.4) is 0 Å². The van der Waals surface area contributed by atoms with Crippen LogP contribution in [0, 0.1) is 6.92 Å². The topological polar surface area (TPSA) is 64.4 Å². The van der Waals surface area contributed by atoms with Gasteiger partial charge in [0.15, 0.2) is 5.76 Å². The molecule has 1 N–H and O–H groups in total. The molecule has 1 unspecified atom stereocenters. The summed E-state index contributed by atoms with van der Waals surface area (Å²) in [5.74, 6) is 0.823. The Morgan fingerprint density at radius 1 is 1.33 bits per heavy atom. The second kappa shape index (κ2) is 6.74. The summed E-state index contributed by atoms with van der Waals surface area (Å²) in [5.41, 5.74) is 2.42. The van der Waals surface area contributed by atoms with E-state index in [0.717, 1.165) is 16.6 Å². The number of hydrogen-bond acceptors (Lipinski definition) is 4. The minimum Gasteiger partial charge on any atom is -0.497 e. The molecule has 0 aliphatic carbocycles. The van der Waals surface area contributed by atoms with E-state index in [9.17, 15) is 4.79 Å². The highest BCUT2D eigenvalue weighted by atomic mass is 16.5. The molecule has 0 saturated carbocycles. The molecular weight excluding hydrogens is 304 g/mol. The van der Waals surface area contributed by atoms with Gasteiger partial charge in [-0.2, -0.15) is 0 Å². The van der Waals surface area contributed by atoms with Crippen LogP contribution in [-0.4, -0.2) is 24.0 Å². The van der Waals surface area contributed by atoms with E-state index in [2.05, 4.69) is 10.3 Å². The van der Waals surface area contributed by atoms with Crippen molar-refractivity contribution in [2.45, 2.75) is 26.3 Å². The van der Waals surface area contributed by atoms with Crippen molar-refractivity contribution in [1.82, 2.24) is 10.3 Å². The number of carbonyl (C=O) groups is 1. The minimum atomic E-state index is -0.217. The van der Waals surface area contributed by atoms with Crippen molar-refractivity contribution >= 4 is 16.9 Å². The summed E-state index contributed by atoms with van der Waals surface area (Å²) in [6.45, 7) is 3.84. The van der Waals surface area contributed by atoms with Crippen molar-refractivity contribution in [1.29, 1.82) is 0 Å². The van der Waals surface area contributed by atoms with E-state index < -0.39 is 0 Å². The van der Waals surface area contributed by atoms with Gasteiger partial charge in [-0.15, -0.1) is 0 Å². The zero-order chi connectivity index (χ0) is 17.1.